The number of benzene rings is 2. The van der Waals surface area contributed by atoms with E-state index in [9.17, 15) is 22.8 Å². The minimum Gasteiger partial charge on any atom is -0.322 e. The summed E-state index contributed by atoms with van der Waals surface area (Å²) < 4.78 is 27.7. The topological polar surface area (TPSA) is 104 Å². The van der Waals surface area contributed by atoms with Gasteiger partial charge in [0, 0.05) is 37.2 Å². The number of sulfonamides is 1. The smallest absolute Gasteiger partial charge is 0.255 e. The molecular formula is C24H27N3O5S. The van der Waals surface area contributed by atoms with Gasteiger partial charge in [0.15, 0.2) is 0 Å². The molecule has 1 N–H and O–H groups in total. The Morgan fingerprint density at radius 3 is 2.21 bits per heavy atom. The molecule has 0 bridgehead atoms. The molecule has 2 heterocycles. The standard InChI is InChI=1S/C24H27N3O5S/c1-17-5-10-20(15-21(17)33(31,32)26-13-3-2-4-14-26)25-24(30)19-8-6-18(7-9-19)16-27-22(28)11-12-23(27)29/h5-10,15H,2-4,11-14,16H2,1H3,(H,25,30). The number of amides is 3. The Morgan fingerprint density at radius 2 is 1.58 bits per heavy atom. The molecule has 9 heteroatoms. The van der Waals surface area contributed by atoms with Crippen molar-refractivity contribution < 1.29 is 22.8 Å². The summed E-state index contributed by atoms with van der Waals surface area (Å²) in [6.45, 7) is 2.96. The number of piperidine rings is 1. The molecule has 0 aliphatic carbocycles. The summed E-state index contributed by atoms with van der Waals surface area (Å²) in [5.74, 6) is -0.743. The van der Waals surface area contributed by atoms with Crippen LogP contribution in [0.2, 0.25) is 0 Å². The Morgan fingerprint density at radius 1 is 0.939 bits per heavy atom. The number of hydrogen-bond acceptors (Lipinski definition) is 5. The van der Waals surface area contributed by atoms with Gasteiger partial charge >= 0.3 is 0 Å². The lowest BCUT2D eigenvalue weighted by Gasteiger charge is -2.26. The number of carbonyl (C=O) groups is 3. The highest BCUT2D eigenvalue weighted by molar-refractivity contribution is 7.89. The van der Waals surface area contributed by atoms with Crippen molar-refractivity contribution in [3.63, 3.8) is 0 Å². The normalized spacial score (nSPS) is 17.4. The Balaban J connectivity index is 1.47. The lowest BCUT2D eigenvalue weighted by atomic mass is 10.1. The van der Waals surface area contributed by atoms with Crippen molar-refractivity contribution >= 4 is 33.4 Å². The van der Waals surface area contributed by atoms with Crippen LogP contribution in [-0.4, -0.2) is 48.4 Å². The molecule has 33 heavy (non-hydrogen) atoms. The van der Waals surface area contributed by atoms with Crippen LogP contribution in [0.25, 0.3) is 0 Å². The summed E-state index contributed by atoms with van der Waals surface area (Å²) in [6, 6.07) is 11.5. The van der Waals surface area contributed by atoms with Gasteiger partial charge in [0.2, 0.25) is 21.8 Å². The summed E-state index contributed by atoms with van der Waals surface area (Å²) in [5.41, 5.74) is 2.17. The van der Waals surface area contributed by atoms with Gasteiger partial charge in [-0.2, -0.15) is 4.31 Å². The SMILES string of the molecule is Cc1ccc(NC(=O)c2ccc(CN3C(=O)CCC3=O)cc2)cc1S(=O)(=O)N1CCCCC1. The van der Waals surface area contributed by atoms with E-state index in [2.05, 4.69) is 5.32 Å². The second-order valence-corrected chi connectivity index (χ2v) is 10.4. The van der Waals surface area contributed by atoms with Gasteiger partial charge < -0.3 is 5.32 Å². The van der Waals surface area contributed by atoms with E-state index in [1.807, 2.05) is 0 Å². The molecule has 0 spiro atoms. The molecule has 2 aliphatic heterocycles. The van der Waals surface area contributed by atoms with Crippen LogP contribution in [0.15, 0.2) is 47.4 Å². The molecule has 2 aromatic rings. The van der Waals surface area contributed by atoms with Crippen molar-refractivity contribution in [2.75, 3.05) is 18.4 Å². The fraction of sp³-hybridized carbons (Fsp3) is 0.375. The van der Waals surface area contributed by atoms with Crippen LogP contribution in [0.3, 0.4) is 0 Å². The number of nitrogens with zero attached hydrogens (tertiary/aromatic N) is 2. The Bertz CT molecular complexity index is 1170. The number of anilines is 1. The lowest BCUT2D eigenvalue weighted by Crippen LogP contribution is -2.36. The third-order valence-electron chi connectivity index (χ3n) is 6.09. The number of carbonyl (C=O) groups excluding carboxylic acids is 3. The van der Waals surface area contributed by atoms with Gasteiger partial charge in [0.05, 0.1) is 11.4 Å². The molecule has 2 aromatic carbocycles. The highest BCUT2D eigenvalue weighted by Crippen LogP contribution is 2.26. The summed E-state index contributed by atoms with van der Waals surface area (Å²) in [6.07, 6.45) is 3.22. The van der Waals surface area contributed by atoms with Gasteiger partial charge in [-0.25, -0.2) is 8.42 Å². The van der Waals surface area contributed by atoms with E-state index in [-0.39, 0.29) is 42.0 Å². The first-order chi connectivity index (χ1) is 15.8. The van der Waals surface area contributed by atoms with E-state index in [0.29, 0.717) is 29.9 Å². The van der Waals surface area contributed by atoms with Gasteiger partial charge in [-0.15, -0.1) is 0 Å². The molecule has 0 aromatic heterocycles. The molecule has 8 nitrogen and oxygen atoms in total. The average molecular weight is 470 g/mol. The van der Waals surface area contributed by atoms with Crippen LogP contribution >= 0.6 is 0 Å². The van der Waals surface area contributed by atoms with E-state index in [1.165, 1.54) is 15.3 Å². The van der Waals surface area contributed by atoms with E-state index in [0.717, 1.165) is 24.8 Å². The zero-order valence-electron chi connectivity index (χ0n) is 18.5. The van der Waals surface area contributed by atoms with Gasteiger partial charge in [-0.3, -0.25) is 19.3 Å². The van der Waals surface area contributed by atoms with Crippen LogP contribution in [0.5, 0.6) is 0 Å². The maximum absolute atomic E-state index is 13.1. The predicted octanol–water partition coefficient (Wildman–Crippen LogP) is 3.07. The lowest BCUT2D eigenvalue weighted by molar-refractivity contribution is -0.139. The number of likely N-dealkylation sites (tertiary alicyclic amines) is 1. The van der Waals surface area contributed by atoms with Crippen LogP contribution in [0, 0.1) is 6.92 Å². The maximum Gasteiger partial charge on any atom is 0.255 e. The average Bonchev–Trinajstić information content (AvgIpc) is 3.13. The van der Waals surface area contributed by atoms with Crippen LogP contribution < -0.4 is 5.32 Å². The second kappa shape index (κ2) is 9.44. The molecule has 0 atom stereocenters. The monoisotopic (exact) mass is 469 g/mol. The van der Waals surface area contributed by atoms with Crippen molar-refractivity contribution in [3.8, 4) is 0 Å². The van der Waals surface area contributed by atoms with Gasteiger partial charge in [0.25, 0.3) is 5.91 Å². The highest BCUT2D eigenvalue weighted by Gasteiger charge is 2.29. The fourth-order valence-electron chi connectivity index (χ4n) is 4.15. The Kier molecular flexibility index (Phi) is 6.62. The van der Waals surface area contributed by atoms with E-state index < -0.39 is 10.0 Å². The van der Waals surface area contributed by atoms with Crippen LogP contribution in [-0.2, 0) is 26.2 Å². The van der Waals surface area contributed by atoms with Crippen molar-refractivity contribution in [1.29, 1.82) is 0 Å². The summed E-state index contributed by atoms with van der Waals surface area (Å²) >= 11 is 0. The number of aryl methyl sites for hydroxylation is 1. The van der Waals surface area contributed by atoms with Crippen molar-refractivity contribution in [1.82, 2.24) is 9.21 Å². The number of rotatable bonds is 6. The van der Waals surface area contributed by atoms with Gasteiger partial charge in [0.1, 0.15) is 0 Å². The third-order valence-corrected chi connectivity index (χ3v) is 8.13. The summed E-state index contributed by atoms with van der Waals surface area (Å²) in [7, 11) is -3.62. The first kappa shape index (κ1) is 23.1. The van der Waals surface area contributed by atoms with Crippen molar-refractivity contribution in [2.45, 2.75) is 50.5 Å². The quantitative estimate of drug-likeness (QED) is 0.655. The highest BCUT2D eigenvalue weighted by atomic mass is 32.2. The fourth-order valence-corrected chi connectivity index (χ4v) is 5.91. The van der Waals surface area contributed by atoms with Crippen molar-refractivity contribution in [2.24, 2.45) is 0 Å². The largest absolute Gasteiger partial charge is 0.322 e. The molecule has 2 aliphatic rings. The minimum atomic E-state index is -3.62. The van der Waals surface area contributed by atoms with Crippen LogP contribution in [0.1, 0.15) is 53.6 Å². The number of nitrogens with one attached hydrogen (secondary N) is 1. The maximum atomic E-state index is 13.1. The third kappa shape index (κ3) is 4.99. The summed E-state index contributed by atoms with van der Waals surface area (Å²) in [4.78, 5) is 37.7. The molecule has 3 amide bonds. The van der Waals surface area contributed by atoms with Gasteiger partial charge in [-0.1, -0.05) is 24.6 Å². The van der Waals surface area contributed by atoms with Crippen molar-refractivity contribution in [3.05, 3.63) is 59.2 Å². The second-order valence-electron chi connectivity index (χ2n) is 8.47. The summed E-state index contributed by atoms with van der Waals surface area (Å²) in [5, 5.41) is 2.77. The molecule has 0 saturated carbocycles. The van der Waals surface area contributed by atoms with E-state index >= 15 is 0 Å². The molecule has 174 valence electrons. The zero-order valence-corrected chi connectivity index (χ0v) is 19.4. The van der Waals surface area contributed by atoms with Gasteiger partial charge in [-0.05, 0) is 55.2 Å². The van der Waals surface area contributed by atoms with E-state index in [4.69, 9.17) is 0 Å². The molecule has 0 radical (unpaired) electrons. The molecule has 0 unspecified atom stereocenters. The van der Waals surface area contributed by atoms with Crippen LogP contribution in [0.4, 0.5) is 5.69 Å². The first-order valence-corrected chi connectivity index (χ1v) is 12.5. The number of hydrogen-bond donors (Lipinski definition) is 1. The van der Waals surface area contributed by atoms with E-state index in [1.54, 1.807) is 43.3 Å². The minimum absolute atomic E-state index is 0.184. The number of imide groups is 1. The molecular weight excluding hydrogens is 442 g/mol. The predicted molar refractivity (Wildman–Crippen MR) is 123 cm³/mol. The zero-order chi connectivity index (χ0) is 23.6. The molecule has 4 rings (SSSR count). The molecule has 2 saturated heterocycles. The molecule has 2 fully saturated rings. The Labute approximate surface area is 193 Å². The first-order valence-electron chi connectivity index (χ1n) is 11.1. The Hall–Kier alpha value is -3.04.